The Morgan fingerprint density at radius 2 is 1.68 bits per heavy atom. The molecule has 2 N–H and O–H groups in total. The minimum atomic E-state index is -1.78. The van der Waals surface area contributed by atoms with Crippen molar-refractivity contribution in [1.29, 1.82) is 0 Å². The second kappa shape index (κ2) is 11.4. The van der Waals surface area contributed by atoms with Crippen molar-refractivity contribution >= 4 is 28.8 Å². The number of hydrogen-bond donors (Lipinski definition) is 1. The molecule has 1 unspecified atom stereocenters. The van der Waals surface area contributed by atoms with E-state index in [2.05, 4.69) is 15.1 Å². The van der Waals surface area contributed by atoms with Crippen LogP contribution < -0.4 is 10.5 Å². The molecule has 2 aromatic heterocycles. The van der Waals surface area contributed by atoms with Gasteiger partial charge in [-0.1, -0.05) is 18.2 Å². The second-order valence-corrected chi connectivity index (χ2v) is 9.87. The summed E-state index contributed by atoms with van der Waals surface area (Å²) in [5, 5.41) is 4.77. The van der Waals surface area contributed by atoms with Crippen LogP contribution in [0.1, 0.15) is 18.0 Å². The van der Waals surface area contributed by atoms with Crippen molar-refractivity contribution in [2.24, 2.45) is 0 Å². The first-order valence-corrected chi connectivity index (χ1v) is 13.1. The number of aromatic nitrogens is 4. The zero-order chi connectivity index (χ0) is 31.1. The lowest BCUT2D eigenvalue weighted by Crippen LogP contribution is -2.27. The number of rotatable bonds is 6. The van der Waals surface area contributed by atoms with Gasteiger partial charge in [-0.25, -0.2) is 32.2 Å². The highest BCUT2D eigenvalue weighted by molar-refractivity contribution is 5.98. The van der Waals surface area contributed by atoms with Gasteiger partial charge in [0, 0.05) is 42.4 Å². The molecule has 8 nitrogen and oxygen atoms in total. The van der Waals surface area contributed by atoms with E-state index in [1.54, 1.807) is 23.1 Å². The molecule has 5 aromatic rings. The highest BCUT2D eigenvalue weighted by Crippen LogP contribution is 2.37. The van der Waals surface area contributed by atoms with Gasteiger partial charge in [-0.3, -0.25) is 4.79 Å². The molecule has 0 radical (unpaired) electrons. The third-order valence-corrected chi connectivity index (χ3v) is 7.14. The number of amides is 1. The van der Waals surface area contributed by atoms with Gasteiger partial charge < -0.3 is 15.4 Å². The van der Waals surface area contributed by atoms with E-state index in [0.717, 1.165) is 12.1 Å². The fraction of sp³-hybridized carbons (Fsp3) is 0.133. The third kappa shape index (κ3) is 5.18. The van der Waals surface area contributed by atoms with Gasteiger partial charge in [0.2, 0.25) is 23.3 Å². The van der Waals surface area contributed by atoms with Gasteiger partial charge in [0.25, 0.3) is 0 Å². The van der Waals surface area contributed by atoms with Crippen LogP contribution in [-0.2, 0) is 4.79 Å². The molecule has 1 saturated heterocycles. The van der Waals surface area contributed by atoms with E-state index >= 15 is 4.39 Å². The number of carbonyl (C=O) groups excluding carboxylic acids is 1. The third-order valence-electron chi connectivity index (χ3n) is 7.14. The van der Waals surface area contributed by atoms with Crippen molar-refractivity contribution < 1.29 is 35.9 Å². The van der Waals surface area contributed by atoms with Gasteiger partial charge in [-0.2, -0.15) is 13.9 Å². The van der Waals surface area contributed by atoms with Crippen LogP contribution in [0, 0.1) is 34.9 Å². The van der Waals surface area contributed by atoms with E-state index < -0.39 is 46.4 Å². The van der Waals surface area contributed by atoms with E-state index in [-0.39, 0.29) is 58.2 Å². The summed E-state index contributed by atoms with van der Waals surface area (Å²) in [5.41, 5.74) is 6.60. The molecule has 44 heavy (non-hydrogen) atoms. The number of ether oxygens (including phenoxy) is 1. The van der Waals surface area contributed by atoms with E-state index in [0.29, 0.717) is 13.0 Å². The van der Waals surface area contributed by atoms with Gasteiger partial charge in [-0.05, 0) is 30.7 Å². The molecule has 0 bridgehead atoms. The van der Waals surface area contributed by atoms with Crippen LogP contribution in [0.5, 0.6) is 11.5 Å². The zero-order valence-electron chi connectivity index (χ0n) is 22.4. The molecule has 1 aliphatic heterocycles. The van der Waals surface area contributed by atoms with Crippen molar-refractivity contribution in [2.45, 2.75) is 12.5 Å². The SMILES string of the molecule is Nc1ncnc2c1c(-c1ccc(Oc3c(F)c(F)cc(F)c3F)cc1F)nn2C1CCN(C(=O)/C=C/c2ccccc2F)C1. The maximum atomic E-state index is 15.4. The molecule has 3 heterocycles. The highest BCUT2D eigenvalue weighted by Gasteiger charge is 2.31. The Kier molecular flexibility index (Phi) is 7.41. The molecule has 0 saturated carbocycles. The summed E-state index contributed by atoms with van der Waals surface area (Å²) >= 11 is 0. The predicted molar refractivity (Wildman–Crippen MR) is 147 cm³/mol. The number of benzene rings is 3. The largest absolute Gasteiger partial charge is 0.451 e. The minimum absolute atomic E-state index is 0.00546. The maximum absolute atomic E-state index is 15.4. The average Bonchev–Trinajstić information content (AvgIpc) is 3.64. The smallest absolute Gasteiger partial charge is 0.246 e. The van der Waals surface area contributed by atoms with Crippen molar-refractivity contribution in [1.82, 2.24) is 24.6 Å². The number of likely N-dealkylation sites (tertiary alicyclic amines) is 1. The van der Waals surface area contributed by atoms with E-state index in [9.17, 15) is 26.7 Å². The predicted octanol–water partition coefficient (Wildman–Crippen LogP) is 6.19. The number of nitrogen functional groups attached to an aromatic ring is 1. The lowest BCUT2D eigenvalue weighted by molar-refractivity contribution is -0.125. The van der Waals surface area contributed by atoms with Gasteiger partial charge in [0.05, 0.1) is 11.4 Å². The molecule has 1 aliphatic rings. The van der Waals surface area contributed by atoms with E-state index in [1.165, 1.54) is 35.3 Å². The summed E-state index contributed by atoms with van der Waals surface area (Å²) in [7, 11) is 0. The molecule has 1 atom stereocenters. The summed E-state index contributed by atoms with van der Waals surface area (Å²) in [4.78, 5) is 22.6. The first-order chi connectivity index (χ1) is 21.1. The van der Waals surface area contributed by atoms with Crippen molar-refractivity contribution in [2.75, 3.05) is 18.8 Å². The number of carbonyl (C=O) groups is 1. The van der Waals surface area contributed by atoms with Crippen molar-refractivity contribution in [3.8, 4) is 22.8 Å². The Labute approximate surface area is 245 Å². The first kappa shape index (κ1) is 28.7. The van der Waals surface area contributed by atoms with Crippen LogP contribution in [0.3, 0.4) is 0 Å². The number of nitrogens with two attached hydrogens (primary N) is 1. The van der Waals surface area contributed by atoms with Crippen LogP contribution in [0.25, 0.3) is 28.4 Å². The Bertz CT molecular complexity index is 1940. The molecule has 1 fully saturated rings. The lowest BCUT2D eigenvalue weighted by Gasteiger charge is -2.15. The van der Waals surface area contributed by atoms with Gasteiger partial charge in [0.15, 0.2) is 17.3 Å². The summed E-state index contributed by atoms with van der Waals surface area (Å²) in [6.07, 6.45) is 4.35. The molecule has 6 rings (SSSR count). The Morgan fingerprint density at radius 1 is 0.932 bits per heavy atom. The average molecular weight is 611 g/mol. The standard InChI is InChI=1S/C30H20F6N6O2/c31-19-4-2-1-3-15(19)5-8-23(43)41-10-9-16(13-41)42-30-24(29(37)38-14-39-30)27(40-42)18-7-6-17(11-20(18)32)44-28-25(35)21(33)12-22(34)26(28)36/h1-8,11-12,14,16H,9-10,13H2,(H2,37,38,39)/b8-5+. The van der Waals surface area contributed by atoms with Crippen LogP contribution in [0.4, 0.5) is 32.2 Å². The lowest BCUT2D eigenvalue weighted by atomic mass is 10.1. The Hall–Kier alpha value is -5.40. The fourth-order valence-electron chi connectivity index (χ4n) is 4.97. The molecule has 14 heteroatoms. The molecular weight excluding hydrogens is 590 g/mol. The van der Waals surface area contributed by atoms with E-state index in [4.69, 9.17) is 10.5 Å². The minimum Gasteiger partial charge on any atom is -0.451 e. The number of anilines is 1. The fourth-order valence-corrected chi connectivity index (χ4v) is 4.97. The van der Waals surface area contributed by atoms with Crippen molar-refractivity contribution in [3.63, 3.8) is 0 Å². The molecule has 224 valence electrons. The van der Waals surface area contributed by atoms with Crippen molar-refractivity contribution in [3.05, 3.63) is 101 Å². The summed E-state index contributed by atoms with van der Waals surface area (Å²) in [5.74, 6) is -10.5. The van der Waals surface area contributed by atoms with Gasteiger partial charge in [0.1, 0.15) is 35.2 Å². The topological polar surface area (TPSA) is 99.2 Å². The van der Waals surface area contributed by atoms with E-state index in [1.807, 2.05) is 0 Å². The summed E-state index contributed by atoms with van der Waals surface area (Å²) < 4.78 is 91.1. The van der Waals surface area contributed by atoms with Gasteiger partial charge in [-0.15, -0.1) is 0 Å². The zero-order valence-corrected chi connectivity index (χ0v) is 22.4. The van der Waals surface area contributed by atoms with Crippen LogP contribution in [-0.4, -0.2) is 43.6 Å². The molecule has 0 spiro atoms. The Balaban J connectivity index is 1.29. The number of fused-ring (bicyclic) bond motifs is 1. The number of hydrogen-bond acceptors (Lipinski definition) is 6. The highest BCUT2D eigenvalue weighted by atomic mass is 19.2. The monoisotopic (exact) mass is 610 g/mol. The molecule has 3 aromatic carbocycles. The normalized spacial score (nSPS) is 15.0. The quantitative estimate of drug-likeness (QED) is 0.140. The van der Waals surface area contributed by atoms with Crippen LogP contribution in [0.15, 0.2) is 60.9 Å². The molecule has 1 amide bonds. The second-order valence-electron chi connectivity index (χ2n) is 9.87. The molecule has 0 aliphatic carbocycles. The number of nitrogens with zero attached hydrogens (tertiary/aromatic N) is 5. The summed E-state index contributed by atoms with van der Waals surface area (Å²) in [6.45, 7) is 0.577. The summed E-state index contributed by atoms with van der Waals surface area (Å²) in [6, 6.07) is 8.76. The van der Waals surface area contributed by atoms with Gasteiger partial charge >= 0.3 is 0 Å². The van der Waals surface area contributed by atoms with Crippen LogP contribution >= 0.6 is 0 Å². The molecular formula is C30H20F6N6O2. The van der Waals surface area contributed by atoms with Crippen LogP contribution in [0.2, 0.25) is 0 Å². The number of halogens is 6. The maximum Gasteiger partial charge on any atom is 0.246 e. The Morgan fingerprint density at radius 3 is 2.41 bits per heavy atom. The first-order valence-electron chi connectivity index (χ1n) is 13.1.